The summed E-state index contributed by atoms with van der Waals surface area (Å²) < 4.78 is 4.87. The molecule has 0 spiro atoms. The average Bonchev–Trinajstić information content (AvgIpc) is 2.51. The van der Waals surface area contributed by atoms with E-state index in [1.807, 2.05) is 24.3 Å². The van der Waals surface area contributed by atoms with Crippen LogP contribution in [0, 0.1) is 0 Å². The number of nitrogens with zero attached hydrogens (tertiary/aromatic N) is 2. The molecule has 1 aromatic heterocycles. The van der Waals surface area contributed by atoms with Crippen LogP contribution in [0.2, 0.25) is 10.3 Å². The first-order valence-electron chi connectivity index (χ1n) is 3.96. The Labute approximate surface area is 90.6 Å². The Morgan fingerprint density at radius 1 is 1.29 bits per heavy atom. The van der Waals surface area contributed by atoms with Gasteiger partial charge in [0.25, 0.3) is 5.28 Å². The van der Waals surface area contributed by atoms with Gasteiger partial charge in [-0.25, -0.2) is 0 Å². The highest BCUT2D eigenvalue weighted by atomic mass is 35.5. The van der Waals surface area contributed by atoms with E-state index in [1.54, 1.807) is 0 Å². The molecule has 0 bridgehead atoms. The Bertz CT molecular complexity index is 442. The fourth-order valence-corrected chi connectivity index (χ4v) is 1.47. The van der Waals surface area contributed by atoms with Crippen molar-refractivity contribution in [2.75, 3.05) is 0 Å². The first-order valence-corrected chi connectivity index (χ1v) is 4.72. The van der Waals surface area contributed by atoms with Crippen molar-refractivity contribution in [2.24, 2.45) is 0 Å². The highest BCUT2D eigenvalue weighted by Gasteiger charge is 2.04. The third kappa shape index (κ3) is 2.25. The predicted octanol–water partition coefficient (Wildman–Crippen LogP) is 2.97. The van der Waals surface area contributed by atoms with E-state index >= 15 is 0 Å². The Morgan fingerprint density at radius 2 is 2.14 bits per heavy atom. The summed E-state index contributed by atoms with van der Waals surface area (Å²) in [4.78, 5) is 3.88. The summed E-state index contributed by atoms with van der Waals surface area (Å²) in [6.07, 6.45) is 0.542. The van der Waals surface area contributed by atoms with Gasteiger partial charge in [0.05, 0.1) is 6.42 Å². The van der Waals surface area contributed by atoms with Crippen LogP contribution in [0.5, 0.6) is 0 Å². The van der Waals surface area contributed by atoms with Crippen molar-refractivity contribution in [3.63, 3.8) is 0 Å². The Hall–Kier alpha value is -1.06. The molecule has 0 aliphatic rings. The lowest BCUT2D eigenvalue weighted by molar-refractivity contribution is 0.384. The van der Waals surface area contributed by atoms with Crippen LogP contribution in [0.4, 0.5) is 0 Å². The average molecular weight is 229 g/mol. The largest absolute Gasteiger partial charge is 0.338 e. The van der Waals surface area contributed by atoms with Crippen LogP contribution in [0.25, 0.3) is 0 Å². The van der Waals surface area contributed by atoms with Crippen LogP contribution < -0.4 is 0 Å². The highest BCUT2D eigenvalue weighted by molar-refractivity contribution is 6.30. The molecule has 0 N–H and O–H groups in total. The number of aromatic nitrogens is 2. The molecule has 72 valence electrons. The molecule has 0 atom stereocenters. The second kappa shape index (κ2) is 3.98. The van der Waals surface area contributed by atoms with Crippen LogP contribution in [0.15, 0.2) is 28.8 Å². The lowest BCUT2D eigenvalue weighted by Gasteiger charge is -1.96. The summed E-state index contributed by atoms with van der Waals surface area (Å²) in [5.41, 5.74) is 1.01. The van der Waals surface area contributed by atoms with E-state index in [4.69, 9.17) is 27.7 Å². The lowest BCUT2D eigenvalue weighted by Crippen LogP contribution is -1.87. The zero-order valence-electron chi connectivity index (χ0n) is 7.08. The van der Waals surface area contributed by atoms with Crippen molar-refractivity contribution in [2.45, 2.75) is 6.42 Å². The first-order chi connectivity index (χ1) is 6.74. The van der Waals surface area contributed by atoms with Crippen LogP contribution in [0.1, 0.15) is 11.5 Å². The maximum absolute atomic E-state index is 5.82. The van der Waals surface area contributed by atoms with Gasteiger partial charge in [0.2, 0.25) is 5.89 Å². The Morgan fingerprint density at radius 3 is 2.79 bits per heavy atom. The van der Waals surface area contributed by atoms with E-state index in [0.717, 1.165) is 5.56 Å². The number of rotatable bonds is 2. The lowest BCUT2D eigenvalue weighted by atomic mass is 10.1. The van der Waals surface area contributed by atoms with E-state index in [0.29, 0.717) is 17.3 Å². The minimum Gasteiger partial charge on any atom is -0.338 e. The molecule has 5 heteroatoms. The van der Waals surface area contributed by atoms with Crippen LogP contribution in [-0.4, -0.2) is 10.1 Å². The first kappa shape index (κ1) is 9.49. The Kier molecular flexibility index (Phi) is 2.70. The van der Waals surface area contributed by atoms with Gasteiger partial charge in [-0.1, -0.05) is 23.7 Å². The molecule has 2 aromatic rings. The van der Waals surface area contributed by atoms with Crippen LogP contribution in [-0.2, 0) is 6.42 Å². The molecule has 1 heterocycles. The second-order valence-corrected chi connectivity index (χ2v) is 3.54. The van der Waals surface area contributed by atoms with Gasteiger partial charge in [0, 0.05) is 5.02 Å². The van der Waals surface area contributed by atoms with Gasteiger partial charge < -0.3 is 4.52 Å². The maximum Gasteiger partial charge on any atom is 0.263 e. The number of benzene rings is 1. The highest BCUT2D eigenvalue weighted by Crippen LogP contribution is 2.14. The van der Waals surface area contributed by atoms with Crippen molar-refractivity contribution in [3.05, 3.63) is 46.0 Å². The van der Waals surface area contributed by atoms with E-state index in [9.17, 15) is 0 Å². The smallest absolute Gasteiger partial charge is 0.263 e. The van der Waals surface area contributed by atoms with Crippen molar-refractivity contribution in [1.29, 1.82) is 0 Å². The van der Waals surface area contributed by atoms with Crippen molar-refractivity contribution in [3.8, 4) is 0 Å². The molecule has 0 amide bonds. The summed E-state index contributed by atoms with van der Waals surface area (Å²) in [5, 5.41) is 4.30. The fourth-order valence-electron chi connectivity index (χ4n) is 1.13. The minimum absolute atomic E-state index is 0.127. The maximum atomic E-state index is 5.82. The third-order valence-electron chi connectivity index (χ3n) is 1.69. The van der Waals surface area contributed by atoms with E-state index in [2.05, 4.69) is 10.1 Å². The molecule has 0 saturated carbocycles. The molecule has 0 fully saturated rings. The van der Waals surface area contributed by atoms with E-state index in [1.165, 1.54) is 0 Å². The molecule has 0 radical (unpaired) electrons. The van der Waals surface area contributed by atoms with E-state index < -0.39 is 0 Å². The summed E-state index contributed by atoms with van der Waals surface area (Å²) in [7, 11) is 0. The Balaban J connectivity index is 2.18. The molecule has 3 nitrogen and oxygen atoms in total. The number of hydrogen-bond donors (Lipinski definition) is 0. The molecule has 0 unspecified atom stereocenters. The van der Waals surface area contributed by atoms with Crippen molar-refractivity contribution in [1.82, 2.24) is 10.1 Å². The molecule has 0 saturated heterocycles. The van der Waals surface area contributed by atoms with Gasteiger partial charge in [-0.3, -0.25) is 0 Å². The molecular formula is C9H6Cl2N2O. The monoisotopic (exact) mass is 228 g/mol. The van der Waals surface area contributed by atoms with Gasteiger partial charge >= 0.3 is 0 Å². The van der Waals surface area contributed by atoms with Crippen LogP contribution in [0.3, 0.4) is 0 Å². The van der Waals surface area contributed by atoms with Gasteiger partial charge in [0.15, 0.2) is 0 Å². The summed E-state index contributed by atoms with van der Waals surface area (Å²) >= 11 is 11.3. The molecule has 14 heavy (non-hydrogen) atoms. The predicted molar refractivity (Wildman–Crippen MR) is 53.6 cm³/mol. The summed E-state index contributed by atoms with van der Waals surface area (Å²) in [6, 6.07) is 7.46. The zero-order chi connectivity index (χ0) is 9.97. The summed E-state index contributed by atoms with van der Waals surface area (Å²) in [6.45, 7) is 0. The fraction of sp³-hybridized carbons (Fsp3) is 0.111. The number of hydrogen-bond acceptors (Lipinski definition) is 3. The molecule has 2 rings (SSSR count). The molecule has 0 aliphatic carbocycles. The third-order valence-corrected chi connectivity index (χ3v) is 2.08. The van der Waals surface area contributed by atoms with Crippen molar-refractivity contribution >= 4 is 23.2 Å². The topological polar surface area (TPSA) is 38.9 Å². The zero-order valence-corrected chi connectivity index (χ0v) is 8.59. The van der Waals surface area contributed by atoms with Crippen molar-refractivity contribution < 1.29 is 4.52 Å². The van der Waals surface area contributed by atoms with Gasteiger partial charge in [-0.2, -0.15) is 4.98 Å². The SMILES string of the molecule is Clc1cccc(Cc2nc(Cl)no2)c1. The second-order valence-electron chi connectivity index (χ2n) is 2.76. The van der Waals surface area contributed by atoms with Gasteiger partial charge in [-0.05, 0) is 34.5 Å². The van der Waals surface area contributed by atoms with Crippen LogP contribution >= 0.6 is 23.2 Å². The number of halogens is 2. The van der Waals surface area contributed by atoms with E-state index in [-0.39, 0.29) is 5.28 Å². The molecule has 0 aliphatic heterocycles. The normalized spacial score (nSPS) is 10.4. The summed E-state index contributed by atoms with van der Waals surface area (Å²) in [5.74, 6) is 0.484. The minimum atomic E-state index is 0.127. The van der Waals surface area contributed by atoms with Gasteiger partial charge in [0.1, 0.15) is 0 Å². The molecule has 1 aromatic carbocycles. The quantitative estimate of drug-likeness (QED) is 0.794. The molecular weight excluding hydrogens is 223 g/mol. The standard InChI is InChI=1S/C9H6Cl2N2O/c10-7-3-1-2-6(4-7)5-8-12-9(11)13-14-8/h1-4H,5H2. The van der Waals surface area contributed by atoms with Gasteiger partial charge in [-0.15, -0.1) is 0 Å².